The maximum Gasteiger partial charge on any atom is 0.296 e. The molecule has 0 fully saturated rings. The predicted molar refractivity (Wildman–Crippen MR) is 115 cm³/mol. The van der Waals surface area contributed by atoms with Gasteiger partial charge in [0, 0.05) is 13.1 Å². The molecular formula is C21H24N4O5S. The number of likely N-dealkylation sites (N-methyl/N-ethyl adjacent to an activating group) is 1. The normalized spacial score (nSPS) is 14.3. The number of hydrogen-bond acceptors (Lipinski definition) is 6. The molecule has 0 aromatic heterocycles. The van der Waals surface area contributed by atoms with Crippen molar-refractivity contribution in [2.45, 2.75) is 17.4 Å². The number of anilines is 1. The lowest BCUT2D eigenvalue weighted by molar-refractivity contribution is -0.122. The Balaban J connectivity index is 1.83. The highest BCUT2D eigenvalue weighted by Gasteiger charge is 2.31. The van der Waals surface area contributed by atoms with Gasteiger partial charge >= 0.3 is 0 Å². The van der Waals surface area contributed by atoms with Crippen LogP contribution >= 0.6 is 0 Å². The maximum atomic E-state index is 13.0. The molecule has 0 saturated heterocycles. The van der Waals surface area contributed by atoms with Gasteiger partial charge in [-0.2, -0.15) is 4.72 Å². The molecule has 2 aromatic carbocycles. The molecule has 3 N–H and O–H groups in total. The van der Waals surface area contributed by atoms with Crippen molar-refractivity contribution in [1.29, 1.82) is 0 Å². The third kappa shape index (κ3) is 5.54. The fourth-order valence-corrected chi connectivity index (χ4v) is 4.33. The number of nitrogens with zero attached hydrogens (tertiary/aromatic N) is 1. The Morgan fingerprint density at radius 3 is 2.48 bits per heavy atom. The van der Waals surface area contributed by atoms with E-state index in [1.165, 1.54) is 12.1 Å². The van der Waals surface area contributed by atoms with Crippen molar-refractivity contribution < 1.29 is 22.8 Å². The van der Waals surface area contributed by atoms with Crippen LogP contribution in [0.4, 0.5) is 5.69 Å². The Morgan fingerprint density at radius 1 is 1.10 bits per heavy atom. The van der Waals surface area contributed by atoms with Gasteiger partial charge in [0.2, 0.25) is 15.9 Å². The van der Waals surface area contributed by atoms with Gasteiger partial charge in [-0.25, -0.2) is 8.42 Å². The van der Waals surface area contributed by atoms with Crippen LogP contribution in [-0.2, 0) is 26.0 Å². The third-order valence-electron chi connectivity index (χ3n) is 4.76. The van der Waals surface area contributed by atoms with Gasteiger partial charge in [0.25, 0.3) is 11.7 Å². The predicted octanol–water partition coefficient (Wildman–Crippen LogP) is 0.389. The summed E-state index contributed by atoms with van der Waals surface area (Å²) in [5.74, 6) is -2.06. The zero-order chi connectivity index (χ0) is 22.6. The van der Waals surface area contributed by atoms with E-state index in [0.717, 1.165) is 11.6 Å². The number of sulfonamides is 1. The molecule has 0 saturated carbocycles. The first-order valence-corrected chi connectivity index (χ1v) is 11.1. The maximum absolute atomic E-state index is 13.0. The van der Waals surface area contributed by atoms with Crippen LogP contribution in [0, 0.1) is 0 Å². The van der Waals surface area contributed by atoms with Crippen molar-refractivity contribution in [3.8, 4) is 0 Å². The SMILES string of the molecule is CN(C)CCNC(=O)C(Cc1ccccc1)NS(=O)(=O)c1ccc2c(c1)C(=O)C(=O)N2. The highest BCUT2D eigenvalue weighted by Crippen LogP contribution is 2.26. The molecule has 2 aromatic rings. The van der Waals surface area contributed by atoms with Crippen molar-refractivity contribution in [3.63, 3.8) is 0 Å². The van der Waals surface area contributed by atoms with E-state index in [-0.39, 0.29) is 22.6 Å². The van der Waals surface area contributed by atoms with Gasteiger partial charge in [-0.3, -0.25) is 14.4 Å². The van der Waals surface area contributed by atoms with Crippen molar-refractivity contribution in [2.24, 2.45) is 0 Å². The Hall–Kier alpha value is -3.08. The minimum Gasteiger partial charge on any atom is -0.353 e. The lowest BCUT2D eigenvalue weighted by Crippen LogP contribution is -2.49. The topological polar surface area (TPSA) is 125 Å². The minimum atomic E-state index is -4.14. The zero-order valence-corrected chi connectivity index (χ0v) is 18.0. The van der Waals surface area contributed by atoms with Crippen LogP contribution in [0.25, 0.3) is 0 Å². The summed E-state index contributed by atoms with van der Waals surface area (Å²) in [6.07, 6.45) is 0.151. The van der Waals surface area contributed by atoms with E-state index in [4.69, 9.17) is 0 Å². The van der Waals surface area contributed by atoms with Crippen molar-refractivity contribution in [1.82, 2.24) is 14.9 Å². The number of amides is 2. The van der Waals surface area contributed by atoms with Gasteiger partial charge in [-0.05, 0) is 44.3 Å². The van der Waals surface area contributed by atoms with E-state index in [2.05, 4.69) is 15.4 Å². The van der Waals surface area contributed by atoms with Gasteiger partial charge in [0.15, 0.2) is 0 Å². The standard InChI is InChI=1S/C21H24N4O5S/c1-25(2)11-10-22-20(27)18(12-14-6-4-3-5-7-14)24-31(29,30)15-8-9-17-16(13-15)19(26)21(28)23-17/h3-9,13,18,24H,10-12H2,1-2H3,(H,22,27)(H,23,26,28). The average Bonchev–Trinajstić information content (AvgIpc) is 3.01. The lowest BCUT2D eigenvalue weighted by Gasteiger charge is -2.20. The van der Waals surface area contributed by atoms with E-state index in [1.807, 2.05) is 25.1 Å². The van der Waals surface area contributed by atoms with E-state index in [0.29, 0.717) is 13.1 Å². The second-order valence-electron chi connectivity index (χ2n) is 7.45. The van der Waals surface area contributed by atoms with Crippen LogP contribution in [0.2, 0.25) is 0 Å². The summed E-state index contributed by atoms with van der Waals surface area (Å²) < 4.78 is 28.4. The number of hydrogen-bond donors (Lipinski definition) is 3. The fraction of sp³-hybridized carbons (Fsp3) is 0.286. The van der Waals surface area contributed by atoms with Crippen LogP contribution in [0.5, 0.6) is 0 Å². The molecule has 0 radical (unpaired) electrons. The molecule has 1 heterocycles. The number of nitrogens with one attached hydrogen (secondary N) is 3. The molecule has 1 atom stereocenters. The molecule has 1 aliphatic rings. The van der Waals surface area contributed by atoms with E-state index in [1.54, 1.807) is 24.3 Å². The van der Waals surface area contributed by atoms with Crippen molar-refractivity contribution in [2.75, 3.05) is 32.5 Å². The molecule has 1 aliphatic heterocycles. The number of benzene rings is 2. The molecule has 1 unspecified atom stereocenters. The lowest BCUT2D eigenvalue weighted by atomic mass is 10.1. The number of carbonyl (C=O) groups excluding carboxylic acids is 3. The molecule has 0 aliphatic carbocycles. The average molecular weight is 445 g/mol. The number of fused-ring (bicyclic) bond motifs is 1. The summed E-state index contributed by atoms with van der Waals surface area (Å²) >= 11 is 0. The Bertz CT molecular complexity index is 1100. The molecular weight excluding hydrogens is 420 g/mol. The minimum absolute atomic E-state index is 0.0112. The zero-order valence-electron chi connectivity index (χ0n) is 17.2. The van der Waals surface area contributed by atoms with E-state index < -0.39 is 33.7 Å². The highest BCUT2D eigenvalue weighted by molar-refractivity contribution is 7.89. The summed E-state index contributed by atoms with van der Waals surface area (Å²) in [5.41, 5.74) is 1.04. The largest absolute Gasteiger partial charge is 0.353 e. The Labute approximate surface area is 180 Å². The number of Topliss-reactive ketones (excluding diaryl/α,β-unsaturated/α-hetero) is 1. The van der Waals surface area contributed by atoms with Gasteiger partial charge in [-0.15, -0.1) is 0 Å². The molecule has 10 heteroatoms. The quantitative estimate of drug-likeness (QED) is 0.481. The van der Waals surface area contributed by atoms with Gasteiger partial charge in [0.1, 0.15) is 6.04 Å². The Kier molecular flexibility index (Phi) is 6.84. The third-order valence-corrected chi connectivity index (χ3v) is 6.22. The van der Waals surface area contributed by atoms with Crippen molar-refractivity contribution >= 4 is 33.3 Å². The summed E-state index contributed by atoms with van der Waals surface area (Å²) in [7, 11) is -0.409. The number of ketones is 1. The summed E-state index contributed by atoms with van der Waals surface area (Å²) in [4.78, 5) is 37.9. The molecule has 0 bridgehead atoms. The first kappa shape index (κ1) is 22.6. The van der Waals surface area contributed by atoms with Crippen LogP contribution in [0.15, 0.2) is 53.4 Å². The van der Waals surface area contributed by atoms with Gasteiger partial charge < -0.3 is 15.5 Å². The van der Waals surface area contributed by atoms with E-state index in [9.17, 15) is 22.8 Å². The highest BCUT2D eigenvalue weighted by atomic mass is 32.2. The molecule has 3 rings (SSSR count). The summed E-state index contributed by atoms with van der Waals surface area (Å²) in [6.45, 7) is 0.963. The first-order valence-electron chi connectivity index (χ1n) is 9.66. The molecule has 31 heavy (non-hydrogen) atoms. The van der Waals surface area contributed by atoms with Crippen molar-refractivity contribution in [3.05, 3.63) is 59.7 Å². The fourth-order valence-electron chi connectivity index (χ4n) is 3.11. The van der Waals surface area contributed by atoms with Gasteiger partial charge in [-0.1, -0.05) is 30.3 Å². The second kappa shape index (κ2) is 9.38. The van der Waals surface area contributed by atoms with Crippen LogP contribution in [0.3, 0.4) is 0 Å². The molecule has 9 nitrogen and oxygen atoms in total. The van der Waals surface area contributed by atoms with Crippen LogP contribution < -0.4 is 15.4 Å². The van der Waals surface area contributed by atoms with Crippen LogP contribution in [-0.4, -0.2) is 64.1 Å². The van der Waals surface area contributed by atoms with Crippen LogP contribution in [0.1, 0.15) is 15.9 Å². The smallest absolute Gasteiger partial charge is 0.296 e. The second-order valence-corrected chi connectivity index (χ2v) is 9.16. The van der Waals surface area contributed by atoms with E-state index >= 15 is 0 Å². The Morgan fingerprint density at radius 2 is 1.81 bits per heavy atom. The molecule has 2 amide bonds. The first-order chi connectivity index (χ1) is 14.7. The monoisotopic (exact) mass is 444 g/mol. The molecule has 164 valence electrons. The molecule has 0 spiro atoms. The number of carbonyl (C=O) groups is 3. The summed E-state index contributed by atoms with van der Waals surface area (Å²) in [5, 5.41) is 5.12. The number of rotatable bonds is 9. The summed E-state index contributed by atoms with van der Waals surface area (Å²) in [6, 6.07) is 11.8. The van der Waals surface area contributed by atoms with Gasteiger partial charge in [0.05, 0.1) is 16.1 Å².